The van der Waals surface area contributed by atoms with Gasteiger partial charge in [0.2, 0.25) is 0 Å². The topological polar surface area (TPSA) is 65.1 Å². The molecule has 1 aliphatic rings. The van der Waals surface area contributed by atoms with E-state index in [9.17, 15) is 9.59 Å². The predicted octanol–water partition coefficient (Wildman–Crippen LogP) is 2.76. The Bertz CT molecular complexity index is 552. The highest BCUT2D eigenvalue weighted by molar-refractivity contribution is 5.71. The standard InChI is InChI=1S/C18H25NO5/c1-18(2,3)24-16(20)13-22-15-9-10-19(11-15)17(21)23-12-14-7-5-4-6-8-14/h4-8,15H,9-13H2,1-3H3/t15-/m1/s1. The Morgan fingerprint density at radius 1 is 1.21 bits per heavy atom. The molecule has 0 aromatic heterocycles. The number of likely N-dealkylation sites (tertiary alicyclic amines) is 1. The van der Waals surface area contributed by atoms with E-state index in [2.05, 4.69) is 0 Å². The number of amides is 1. The zero-order valence-electron chi connectivity index (χ0n) is 14.5. The van der Waals surface area contributed by atoms with Crippen LogP contribution >= 0.6 is 0 Å². The molecule has 1 aromatic carbocycles. The summed E-state index contributed by atoms with van der Waals surface area (Å²) in [4.78, 5) is 25.3. The van der Waals surface area contributed by atoms with Gasteiger partial charge in [0, 0.05) is 6.54 Å². The summed E-state index contributed by atoms with van der Waals surface area (Å²) >= 11 is 0. The summed E-state index contributed by atoms with van der Waals surface area (Å²) < 4.78 is 16.0. The molecule has 6 heteroatoms. The van der Waals surface area contributed by atoms with E-state index in [1.165, 1.54) is 0 Å². The molecule has 2 rings (SSSR count). The molecule has 1 amide bonds. The molecular formula is C18H25NO5. The smallest absolute Gasteiger partial charge is 0.410 e. The third-order valence-electron chi connectivity index (χ3n) is 3.47. The molecule has 0 bridgehead atoms. The molecule has 1 saturated heterocycles. The molecule has 1 aliphatic heterocycles. The fourth-order valence-electron chi connectivity index (χ4n) is 2.40. The van der Waals surface area contributed by atoms with Crippen LogP contribution in [0.2, 0.25) is 0 Å². The number of rotatable bonds is 5. The predicted molar refractivity (Wildman–Crippen MR) is 88.4 cm³/mol. The third kappa shape index (κ3) is 6.20. The van der Waals surface area contributed by atoms with Crippen LogP contribution in [0.1, 0.15) is 32.8 Å². The summed E-state index contributed by atoms with van der Waals surface area (Å²) in [5, 5.41) is 0. The fraction of sp³-hybridized carbons (Fsp3) is 0.556. The van der Waals surface area contributed by atoms with Crippen molar-refractivity contribution in [3.8, 4) is 0 Å². The zero-order chi connectivity index (χ0) is 17.6. The van der Waals surface area contributed by atoms with Crippen molar-refractivity contribution in [3.05, 3.63) is 35.9 Å². The molecule has 0 saturated carbocycles. The minimum atomic E-state index is -0.524. The van der Waals surface area contributed by atoms with Gasteiger partial charge in [-0.3, -0.25) is 0 Å². The van der Waals surface area contributed by atoms with Crippen molar-refractivity contribution in [2.75, 3.05) is 19.7 Å². The van der Waals surface area contributed by atoms with Gasteiger partial charge >= 0.3 is 12.1 Å². The number of hydrogen-bond acceptors (Lipinski definition) is 5. The molecular weight excluding hydrogens is 310 g/mol. The minimum Gasteiger partial charge on any atom is -0.458 e. The number of ether oxygens (including phenoxy) is 3. The SMILES string of the molecule is CC(C)(C)OC(=O)CO[C@@H]1CCN(C(=O)OCc2ccccc2)C1. The van der Waals surface area contributed by atoms with E-state index in [0.29, 0.717) is 19.5 Å². The monoisotopic (exact) mass is 335 g/mol. The summed E-state index contributed by atoms with van der Waals surface area (Å²) in [6, 6.07) is 9.53. The second-order valence-corrected chi connectivity index (χ2v) is 6.79. The first-order valence-electron chi connectivity index (χ1n) is 8.12. The quantitative estimate of drug-likeness (QED) is 0.774. The van der Waals surface area contributed by atoms with E-state index in [-0.39, 0.29) is 25.4 Å². The van der Waals surface area contributed by atoms with Crippen LogP contribution in [0.15, 0.2) is 30.3 Å². The van der Waals surface area contributed by atoms with Crippen molar-refractivity contribution < 1.29 is 23.8 Å². The number of hydrogen-bond donors (Lipinski definition) is 0. The normalized spacial score (nSPS) is 17.6. The van der Waals surface area contributed by atoms with E-state index in [1.54, 1.807) is 4.90 Å². The average Bonchev–Trinajstić information content (AvgIpc) is 2.99. The maximum atomic E-state index is 12.0. The Kier molecular flexibility index (Phi) is 6.20. The average molecular weight is 335 g/mol. The van der Waals surface area contributed by atoms with Gasteiger partial charge in [-0.15, -0.1) is 0 Å². The molecule has 6 nitrogen and oxygen atoms in total. The molecule has 0 unspecified atom stereocenters. The number of carbonyl (C=O) groups excluding carboxylic acids is 2. The molecule has 0 aliphatic carbocycles. The summed E-state index contributed by atoms with van der Waals surface area (Å²) in [6.45, 7) is 6.57. The molecule has 24 heavy (non-hydrogen) atoms. The summed E-state index contributed by atoms with van der Waals surface area (Å²) in [6.07, 6.45) is 0.160. The van der Waals surface area contributed by atoms with Crippen molar-refractivity contribution >= 4 is 12.1 Å². The summed E-state index contributed by atoms with van der Waals surface area (Å²) in [7, 11) is 0. The zero-order valence-corrected chi connectivity index (χ0v) is 14.5. The van der Waals surface area contributed by atoms with Crippen LogP contribution < -0.4 is 0 Å². The van der Waals surface area contributed by atoms with E-state index in [1.807, 2.05) is 51.1 Å². The maximum Gasteiger partial charge on any atom is 0.410 e. The molecule has 0 spiro atoms. The van der Waals surface area contributed by atoms with Crippen LogP contribution in [0.5, 0.6) is 0 Å². The molecule has 1 fully saturated rings. The number of benzene rings is 1. The van der Waals surface area contributed by atoms with Gasteiger partial charge in [-0.1, -0.05) is 30.3 Å². The lowest BCUT2D eigenvalue weighted by Gasteiger charge is -2.20. The van der Waals surface area contributed by atoms with Gasteiger partial charge in [0.15, 0.2) is 0 Å². The van der Waals surface area contributed by atoms with Crippen LogP contribution in [-0.4, -0.2) is 48.4 Å². The number of nitrogens with zero attached hydrogens (tertiary/aromatic N) is 1. The van der Waals surface area contributed by atoms with Crippen molar-refractivity contribution in [2.45, 2.75) is 45.5 Å². The van der Waals surface area contributed by atoms with E-state index in [4.69, 9.17) is 14.2 Å². The van der Waals surface area contributed by atoms with Gasteiger partial charge in [0.05, 0.1) is 12.6 Å². The lowest BCUT2D eigenvalue weighted by atomic mass is 10.2. The van der Waals surface area contributed by atoms with Crippen LogP contribution in [0, 0.1) is 0 Å². The Morgan fingerprint density at radius 3 is 2.58 bits per heavy atom. The van der Waals surface area contributed by atoms with Crippen LogP contribution in [-0.2, 0) is 25.6 Å². The summed E-state index contributed by atoms with van der Waals surface area (Å²) in [5.74, 6) is -0.396. The van der Waals surface area contributed by atoms with E-state index < -0.39 is 11.6 Å². The van der Waals surface area contributed by atoms with Crippen molar-refractivity contribution in [3.63, 3.8) is 0 Å². The molecule has 0 N–H and O–H groups in total. The molecule has 132 valence electrons. The minimum absolute atomic E-state index is 0.102. The lowest BCUT2D eigenvalue weighted by molar-refractivity contribution is -0.162. The van der Waals surface area contributed by atoms with Gasteiger partial charge < -0.3 is 19.1 Å². The Morgan fingerprint density at radius 2 is 1.92 bits per heavy atom. The van der Waals surface area contributed by atoms with E-state index in [0.717, 1.165) is 5.56 Å². The highest BCUT2D eigenvalue weighted by Crippen LogP contribution is 2.15. The third-order valence-corrected chi connectivity index (χ3v) is 3.47. The summed E-state index contributed by atoms with van der Waals surface area (Å²) in [5.41, 5.74) is 0.423. The van der Waals surface area contributed by atoms with Gasteiger partial charge in [0.25, 0.3) is 0 Å². The Balaban J connectivity index is 1.68. The lowest BCUT2D eigenvalue weighted by Crippen LogP contribution is -2.32. The highest BCUT2D eigenvalue weighted by Gasteiger charge is 2.29. The second kappa shape index (κ2) is 8.15. The molecule has 1 atom stereocenters. The first-order valence-corrected chi connectivity index (χ1v) is 8.12. The number of carbonyl (C=O) groups is 2. The van der Waals surface area contributed by atoms with E-state index >= 15 is 0 Å². The fourth-order valence-corrected chi connectivity index (χ4v) is 2.40. The van der Waals surface area contributed by atoms with Crippen molar-refractivity contribution in [2.24, 2.45) is 0 Å². The molecule has 1 aromatic rings. The van der Waals surface area contributed by atoms with Gasteiger partial charge in [-0.2, -0.15) is 0 Å². The van der Waals surface area contributed by atoms with Crippen LogP contribution in [0.25, 0.3) is 0 Å². The largest absolute Gasteiger partial charge is 0.458 e. The number of esters is 1. The van der Waals surface area contributed by atoms with Gasteiger partial charge in [-0.05, 0) is 32.8 Å². The van der Waals surface area contributed by atoms with Gasteiger partial charge in [0.1, 0.15) is 18.8 Å². The highest BCUT2D eigenvalue weighted by atomic mass is 16.6. The van der Waals surface area contributed by atoms with Crippen LogP contribution in [0.4, 0.5) is 4.79 Å². The first-order chi connectivity index (χ1) is 11.3. The maximum absolute atomic E-state index is 12.0. The Hall–Kier alpha value is -2.08. The Labute approximate surface area is 142 Å². The van der Waals surface area contributed by atoms with Gasteiger partial charge in [-0.25, -0.2) is 9.59 Å². The van der Waals surface area contributed by atoms with Crippen molar-refractivity contribution in [1.29, 1.82) is 0 Å². The van der Waals surface area contributed by atoms with Crippen molar-refractivity contribution in [1.82, 2.24) is 4.90 Å². The molecule has 0 radical (unpaired) electrons. The molecule has 1 heterocycles. The first kappa shape index (κ1) is 18.3. The second-order valence-electron chi connectivity index (χ2n) is 6.79. The van der Waals surface area contributed by atoms with Crippen LogP contribution in [0.3, 0.4) is 0 Å².